The molecule has 2 aromatic rings. The molecule has 0 saturated carbocycles. The van der Waals surface area contributed by atoms with E-state index in [1.165, 1.54) is 16.1 Å². The Morgan fingerprint density at radius 2 is 2.00 bits per heavy atom. The average Bonchev–Trinajstić information content (AvgIpc) is 2.85. The van der Waals surface area contributed by atoms with E-state index in [1.807, 2.05) is 5.51 Å². The lowest BCUT2D eigenvalue weighted by Gasteiger charge is -2.20. The second-order valence-electron chi connectivity index (χ2n) is 5.09. The zero-order chi connectivity index (χ0) is 14.5. The summed E-state index contributed by atoms with van der Waals surface area (Å²) >= 11 is 1.72. The predicted octanol–water partition coefficient (Wildman–Crippen LogP) is 3.76. The molecule has 108 valence electrons. The summed E-state index contributed by atoms with van der Waals surface area (Å²) in [6.07, 6.45) is 0. The molecule has 1 unspecified atom stereocenters. The third kappa shape index (κ3) is 3.58. The molecule has 1 aromatic heterocycles. The topological polar surface area (TPSA) is 28.2 Å². The van der Waals surface area contributed by atoms with Crippen LogP contribution >= 0.6 is 11.3 Å². The van der Waals surface area contributed by atoms with Crippen LogP contribution in [0.3, 0.4) is 0 Å². The number of nitrogens with zero attached hydrogens (tertiary/aromatic N) is 2. The van der Waals surface area contributed by atoms with Crippen molar-refractivity contribution >= 4 is 17.0 Å². The molecule has 1 heterocycles. The van der Waals surface area contributed by atoms with Crippen molar-refractivity contribution in [3.05, 3.63) is 45.9 Å². The van der Waals surface area contributed by atoms with Crippen LogP contribution in [0.5, 0.6) is 0 Å². The smallest absolute Gasteiger partial charge is 0.0798 e. The van der Waals surface area contributed by atoms with Crippen LogP contribution in [0.4, 0.5) is 5.69 Å². The van der Waals surface area contributed by atoms with Crippen LogP contribution in [-0.4, -0.2) is 18.6 Å². The minimum atomic E-state index is 0.406. The van der Waals surface area contributed by atoms with Crippen LogP contribution < -0.4 is 10.2 Å². The van der Waals surface area contributed by atoms with Gasteiger partial charge in [-0.2, -0.15) is 0 Å². The van der Waals surface area contributed by atoms with Crippen LogP contribution in [-0.2, 0) is 6.54 Å². The molecule has 0 aliphatic carbocycles. The van der Waals surface area contributed by atoms with E-state index in [0.717, 1.165) is 18.8 Å². The first-order valence-electron chi connectivity index (χ1n) is 7.05. The highest BCUT2D eigenvalue weighted by atomic mass is 32.1. The van der Waals surface area contributed by atoms with Crippen molar-refractivity contribution in [3.8, 4) is 0 Å². The van der Waals surface area contributed by atoms with Gasteiger partial charge in [-0.1, -0.05) is 19.1 Å². The van der Waals surface area contributed by atoms with Gasteiger partial charge in [-0.05, 0) is 38.1 Å². The Labute approximate surface area is 125 Å². The van der Waals surface area contributed by atoms with E-state index in [0.29, 0.717) is 6.04 Å². The third-order valence-electron chi connectivity index (χ3n) is 3.57. The summed E-state index contributed by atoms with van der Waals surface area (Å²) in [4.78, 5) is 7.90. The number of aromatic nitrogens is 1. The van der Waals surface area contributed by atoms with Gasteiger partial charge in [0.05, 0.1) is 17.7 Å². The quantitative estimate of drug-likeness (QED) is 0.877. The Kier molecular flexibility index (Phi) is 5.15. The number of aryl methyl sites for hydroxylation is 1. The van der Waals surface area contributed by atoms with Gasteiger partial charge in [0.1, 0.15) is 0 Å². The van der Waals surface area contributed by atoms with Crippen molar-refractivity contribution in [2.75, 3.05) is 18.5 Å². The zero-order valence-electron chi connectivity index (χ0n) is 12.7. The van der Waals surface area contributed by atoms with Crippen molar-refractivity contribution in [1.82, 2.24) is 10.3 Å². The first-order valence-corrected chi connectivity index (χ1v) is 7.93. The summed E-state index contributed by atoms with van der Waals surface area (Å²) in [7, 11) is 2.13. The fourth-order valence-electron chi connectivity index (χ4n) is 2.23. The maximum atomic E-state index is 4.30. The number of hydrogen-bond acceptors (Lipinski definition) is 4. The lowest BCUT2D eigenvalue weighted by molar-refractivity contribution is 0.598. The van der Waals surface area contributed by atoms with E-state index in [9.17, 15) is 0 Å². The molecular formula is C16H23N3S. The van der Waals surface area contributed by atoms with Gasteiger partial charge in [0.25, 0.3) is 0 Å². The second-order valence-corrected chi connectivity index (χ2v) is 6.03. The van der Waals surface area contributed by atoms with E-state index in [2.05, 4.69) is 67.3 Å². The van der Waals surface area contributed by atoms with E-state index in [-0.39, 0.29) is 0 Å². The number of benzene rings is 1. The number of rotatable bonds is 6. The van der Waals surface area contributed by atoms with E-state index >= 15 is 0 Å². The number of nitrogens with one attached hydrogen (secondary N) is 1. The molecule has 0 aliphatic rings. The maximum Gasteiger partial charge on any atom is 0.0798 e. The van der Waals surface area contributed by atoms with Crippen LogP contribution in [0.25, 0.3) is 0 Å². The zero-order valence-corrected chi connectivity index (χ0v) is 13.5. The fourth-order valence-corrected chi connectivity index (χ4v) is 3.06. The second kappa shape index (κ2) is 6.86. The SMILES string of the molecule is CCNC(C)c1ccc(N(C)Cc2scnc2C)cc1. The van der Waals surface area contributed by atoms with Gasteiger partial charge in [0, 0.05) is 23.7 Å². The van der Waals surface area contributed by atoms with Crippen LogP contribution in [0, 0.1) is 6.92 Å². The fraction of sp³-hybridized carbons (Fsp3) is 0.438. The normalized spacial score (nSPS) is 12.4. The molecule has 0 spiro atoms. The summed E-state index contributed by atoms with van der Waals surface area (Å²) in [6, 6.07) is 9.21. The van der Waals surface area contributed by atoms with Crippen LogP contribution in [0.15, 0.2) is 29.8 Å². The van der Waals surface area contributed by atoms with Gasteiger partial charge in [-0.25, -0.2) is 4.98 Å². The highest BCUT2D eigenvalue weighted by molar-refractivity contribution is 7.09. The van der Waals surface area contributed by atoms with Gasteiger partial charge in [-0.15, -0.1) is 11.3 Å². The Balaban J connectivity index is 2.04. The van der Waals surface area contributed by atoms with Gasteiger partial charge in [-0.3, -0.25) is 0 Å². The summed E-state index contributed by atoms with van der Waals surface area (Å²) in [5.41, 5.74) is 5.63. The molecule has 1 N–H and O–H groups in total. The van der Waals surface area contributed by atoms with Gasteiger partial charge >= 0.3 is 0 Å². The molecule has 0 bridgehead atoms. The molecule has 1 atom stereocenters. The van der Waals surface area contributed by atoms with E-state index in [4.69, 9.17) is 0 Å². The molecular weight excluding hydrogens is 266 g/mol. The molecule has 0 fully saturated rings. The third-order valence-corrected chi connectivity index (χ3v) is 4.49. The number of anilines is 1. The minimum Gasteiger partial charge on any atom is -0.369 e. The van der Waals surface area contributed by atoms with Crippen molar-refractivity contribution in [2.45, 2.75) is 33.4 Å². The number of hydrogen-bond donors (Lipinski definition) is 1. The Morgan fingerprint density at radius 3 is 2.55 bits per heavy atom. The highest BCUT2D eigenvalue weighted by Gasteiger charge is 2.08. The maximum absolute atomic E-state index is 4.30. The van der Waals surface area contributed by atoms with Crippen molar-refractivity contribution in [2.24, 2.45) is 0 Å². The molecule has 1 aromatic carbocycles. The molecule has 0 aliphatic heterocycles. The summed E-state index contributed by atoms with van der Waals surface area (Å²) in [5, 5.41) is 3.43. The first-order chi connectivity index (χ1) is 9.61. The summed E-state index contributed by atoms with van der Waals surface area (Å²) < 4.78 is 0. The van der Waals surface area contributed by atoms with E-state index < -0.39 is 0 Å². The van der Waals surface area contributed by atoms with Crippen molar-refractivity contribution in [1.29, 1.82) is 0 Å². The summed E-state index contributed by atoms with van der Waals surface area (Å²) in [6.45, 7) is 8.31. The van der Waals surface area contributed by atoms with Gasteiger partial charge in [0.15, 0.2) is 0 Å². The molecule has 20 heavy (non-hydrogen) atoms. The molecule has 0 radical (unpaired) electrons. The lowest BCUT2D eigenvalue weighted by Crippen LogP contribution is -2.18. The van der Waals surface area contributed by atoms with Crippen LogP contribution in [0.2, 0.25) is 0 Å². The van der Waals surface area contributed by atoms with Gasteiger partial charge in [0.2, 0.25) is 0 Å². The minimum absolute atomic E-state index is 0.406. The predicted molar refractivity (Wildman–Crippen MR) is 87.5 cm³/mol. The lowest BCUT2D eigenvalue weighted by atomic mass is 10.1. The Bertz CT molecular complexity index is 533. The molecule has 3 nitrogen and oxygen atoms in total. The van der Waals surface area contributed by atoms with Gasteiger partial charge < -0.3 is 10.2 Å². The first kappa shape index (κ1) is 15.0. The highest BCUT2D eigenvalue weighted by Crippen LogP contribution is 2.22. The largest absolute Gasteiger partial charge is 0.369 e. The molecule has 4 heteroatoms. The Hall–Kier alpha value is -1.39. The monoisotopic (exact) mass is 289 g/mol. The Morgan fingerprint density at radius 1 is 1.30 bits per heavy atom. The van der Waals surface area contributed by atoms with Crippen molar-refractivity contribution in [3.63, 3.8) is 0 Å². The van der Waals surface area contributed by atoms with Crippen molar-refractivity contribution < 1.29 is 0 Å². The van der Waals surface area contributed by atoms with E-state index in [1.54, 1.807) is 11.3 Å². The molecule has 0 saturated heterocycles. The number of thiazole rings is 1. The average molecular weight is 289 g/mol. The molecule has 2 rings (SSSR count). The standard InChI is InChI=1S/C16H23N3S/c1-5-17-12(2)14-6-8-15(9-7-14)19(4)10-16-13(3)18-11-20-16/h6-9,11-12,17H,5,10H2,1-4H3. The van der Waals surface area contributed by atoms with Crippen LogP contribution in [0.1, 0.15) is 36.0 Å². The summed E-state index contributed by atoms with van der Waals surface area (Å²) in [5.74, 6) is 0. The molecule has 0 amide bonds.